The smallest absolute Gasteiger partial charge is 0.255 e. The van der Waals surface area contributed by atoms with Crippen molar-refractivity contribution in [2.24, 2.45) is 0 Å². The molecule has 1 aliphatic rings. The molecule has 1 aromatic rings. The maximum absolute atomic E-state index is 13.0. The zero-order valence-electron chi connectivity index (χ0n) is 10.5. The molecular formula is C13H16BrFN2O2. The topological polar surface area (TPSA) is 42.4 Å². The fourth-order valence-corrected chi connectivity index (χ4v) is 2.34. The molecule has 0 unspecified atom stereocenters. The fourth-order valence-electron chi connectivity index (χ4n) is 2.15. The van der Waals surface area contributed by atoms with Gasteiger partial charge >= 0.3 is 0 Å². The van der Waals surface area contributed by atoms with Crippen LogP contribution in [0.25, 0.3) is 0 Å². The number of aromatic nitrogens is 1. The van der Waals surface area contributed by atoms with Crippen LogP contribution < -0.4 is 0 Å². The van der Waals surface area contributed by atoms with Crippen LogP contribution in [0.5, 0.6) is 0 Å². The van der Waals surface area contributed by atoms with E-state index in [0.717, 1.165) is 24.4 Å². The van der Waals surface area contributed by atoms with Gasteiger partial charge in [-0.15, -0.1) is 0 Å². The third kappa shape index (κ3) is 3.98. The van der Waals surface area contributed by atoms with Gasteiger partial charge in [-0.1, -0.05) is 15.9 Å². The molecule has 1 aromatic heterocycles. The van der Waals surface area contributed by atoms with Gasteiger partial charge in [-0.2, -0.15) is 0 Å². The Morgan fingerprint density at radius 2 is 2.21 bits per heavy atom. The minimum Gasteiger partial charge on any atom is -0.377 e. The second-order valence-corrected chi connectivity index (χ2v) is 5.24. The lowest BCUT2D eigenvalue weighted by Gasteiger charge is -2.31. The van der Waals surface area contributed by atoms with Crippen molar-refractivity contribution in [3.05, 3.63) is 29.8 Å². The summed E-state index contributed by atoms with van der Waals surface area (Å²) < 4.78 is 18.7. The Morgan fingerprint density at radius 3 is 2.84 bits per heavy atom. The van der Waals surface area contributed by atoms with Crippen molar-refractivity contribution >= 4 is 21.8 Å². The van der Waals surface area contributed by atoms with Gasteiger partial charge in [0.25, 0.3) is 5.91 Å². The first-order valence-corrected chi connectivity index (χ1v) is 7.40. The third-order valence-electron chi connectivity index (χ3n) is 3.11. The molecule has 2 heterocycles. The first-order valence-electron chi connectivity index (χ1n) is 6.28. The predicted molar refractivity (Wildman–Crippen MR) is 72.9 cm³/mol. The zero-order chi connectivity index (χ0) is 13.7. The van der Waals surface area contributed by atoms with Crippen LogP contribution in [0.3, 0.4) is 0 Å². The highest BCUT2D eigenvalue weighted by Crippen LogP contribution is 2.16. The van der Waals surface area contributed by atoms with Crippen LogP contribution >= 0.6 is 15.9 Å². The van der Waals surface area contributed by atoms with E-state index in [-0.39, 0.29) is 12.0 Å². The third-order valence-corrected chi connectivity index (χ3v) is 3.44. The maximum atomic E-state index is 13.0. The quantitative estimate of drug-likeness (QED) is 0.795. The molecule has 0 spiro atoms. The number of likely N-dealkylation sites (tertiary alicyclic amines) is 1. The lowest BCUT2D eigenvalue weighted by atomic mass is 10.1. The Bertz CT molecular complexity index is 436. The summed E-state index contributed by atoms with van der Waals surface area (Å²) in [6, 6.07) is 1.22. The molecule has 19 heavy (non-hydrogen) atoms. The number of carbonyl (C=O) groups is 1. The van der Waals surface area contributed by atoms with Gasteiger partial charge in [-0.25, -0.2) is 4.39 Å². The number of pyridine rings is 1. The Labute approximate surface area is 120 Å². The highest BCUT2D eigenvalue weighted by atomic mass is 79.9. The molecule has 2 rings (SSSR count). The number of hydrogen-bond donors (Lipinski definition) is 0. The van der Waals surface area contributed by atoms with Gasteiger partial charge in [0.2, 0.25) is 0 Å². The molecule has 0 saturated carbocycles. The largest absolute Gasteiger partial charge is 0.377 e. The molecule has 1 amide bonds. The highest BCUT2D eigenvalue weighted by Gasteiger charge is 2.24. The second kappa shape index (κ2) is 6.96. The average Bonchev–Trinajstić information content (AvgIpc) is 2.45. The van der Waals surface area contributed by atoms with Crippen LogP contribution in [0.2, 0.25) is 0 Å². The number of hydrogen-bond acceptors (Lipinski definition) is 3. The van der Waals surface area contributed by atoms with Crippen LogP contribution in [0, 0.1) is 5.82 Å². The minimum absolute atomic E-state index is 0.161. The van der Waals surface area contributed by atoms with E-state index in [1.165, 1.54) is 12.3 Å². The second-order valence-electron chi connectivity index (χ2n) is 4.44. The van der Waals surface area contributed by atoms with Crippen molar-refractivity contribution < 1.29 is 13.9 Å². The van der Waals surface area contributed by atoms with Crippen molar-refractivity contribution in [1.82, 2.24) is 9.88 Å². The van der Waals surface area contributed by atoms with E-state index in [0.29, 0.717) is 25.3 Å². The summed E-state index contributed by atoms with van der Waals surface area (Å²) in [4.78, 5) is 17.6. The summed E-state index contributed by atoms with van der Waals surface area (Å²) >= 11 is 3.32. The molecular weight excluding hydrogens is 315 g/mol. The number of rotatable bonds is 4. The van der Waals surface area contributed by atoms with Crippen molar-refractivity contribution in [2.75, 3.05) is 25.0 Å². The van der Waals surface area contributed by atoms with E-state index >= 15 is 0 Å². The molecule has 0 radical (unpaired) electrons. The molecule has 6 heteroatoms. The van der Waals surface area contributed by atoms with Crippen LogP contribution in [0.1, 0.15) is 23.2 Å². The first-order chi connectivity index (χ1) is 9.20. The van der Waals surface area contributed by atoms with Gasteiger partial charge in [-0.3, -0.25) is 9.78 Å². The van der Waals surface area contributed by atoms with Crippen LogP contribution in [0.15, 0.2) is 18.5 Å². The summed E-state index contributed by atoms with van der Waals surface area (Å²) in [5.74, 6) is -0.646. The van der Waals surface area contributed by atoms with Crippen LogP contribution in [0.4, 0.5) is 4.39 Å². The molecule has 1 saturated heterocycles. The summed E-state index contributed by atoms with van der Waals surface area (Å²) in [6.45, 7) is 1.97. The number of halogens is 2. The van der Waals surface area contributed by atoms with Crippen LogP contribution in [-0.4, -0.2) is 46.9 Å². The predicted octanol–water partition coefficient (Wildman–Crippen LogP) is 2.24. The van der Waals surface area contributed by atoms with E-state index in [4.69, 9.17) is 4.74 Å². The lowest BCUT2D eigenvalue weighted by molar-refractivity contribution is 0.0159. The van der Waals surface area contributed by atoms with E-state index in [1.807, 2.05) is 0 Å². The lowest BCUT2D eigenvalue weighted by Crippen LogP contribution is -2.41. The molecule has 0 aromatic carbocycles. The van der Waals surface area contributed by atoms with Gasteiger partial charge in [0.15, 0.2) is 0 Å². The zero-order valence-corrected chi connectivity index (χ0v) is 12.1. The molecule has 1 fully saturated rings. The molecule has 0 N–H and O–H groups in total. The van der Waals surface area contributed by atoms with Crippen molar-refractivity contribution in [2.45, 2.75) is 18.9 Å². The molecule has 0 aliphatic carbocycles. The van der Waals surface area contributed by atoms with Crippen LogP contribution in [-0.2, 0) is 4.74 Å². The monoisotopic (exact) mass is 330 g/mol. The summed E-state index contributed by atoms with van der Waals surface area (Å²) in [7, 11) is 0. The van der Waals surface area contributed by atoms with E-state index < -0.39 is 5.82 Å². The van der Waals surface area contributed by atoms with E-state index in [2.05, 4.69) is 20.9 Å². The van der Waals surface area contributed by atoms with E-state index in [1.54, 1.807) is 4.90 Å². The standard InChI is InChI=1S/C13H16BrFN2O2/c14-3-6-19-12-1-4-17(5-2-12)13(18)10-7-11(15)9-16-8-10/h7-9,12H,1-6H2. The average molecular weight is 331 g/mol. The maximum Gasteiger partial charge on any atom is 0.255 e. The summed E-state index contributed by atoms with van der Waals surface area (Å²) in [5.41, 5.74) is 0.305. The molecule has 0 atom stereocenters. The number of alkyl halides is 1. The van der Waals surface area contributed by atoms with Gasteiger partial charge in [0.1, 0.15) is 5.82 Å². The molecule has 104 valence electrons. The minimum atomic E-state index is -0.485. The van der Waals surface area contributed by atoms with Gasteiger partial charge in [0.05, 0.1) is 24.5 Å². The normalized spacial score (nSPS) is 16.6. The Kier molecular flexibility index (Phi) is 5.27. The molecule has 0 bridgehead atoms. The number of carbonyl (C=O) groups excluding carboxylic acids is 1. The number of ether oxygens (including phenoxy) is 1. The summed E-state index contributed by atoms with van der Waals surface area (Å²) in [5, 5.41) is 0.821. The Morgan fingerprint density at radius 1 is 1.47 bits per heavy atom. The van der Waals surface area contributed by atoms with Crippen molar-refractivity contribution in [3.63, 3.8) is 0 Å². The van der Waals surface area contributed by atoms with Crippen molar-refractivity contribution in [1.29, 1.82) is 0 Å². The van der Waals surface area contributed by atoms with E-state index in [9.17, 15) is 9.18 Å². The summed E-state index contributed by atoms with van der Waals surface area (Å²) in [6.07, 6.45) is 4.35. The SMILES string of the molecule is O=C(c1cncc(F)c1)N1CCC(OCCBr)CC1. The molecule has 4 nitrogen and oxygen atoms in total. The van der Waals surface area contributed by atoms with Gasteiger partial charge in [-0.05, 0) is 18.9 Å². The van der Waals surface area contributed by atoms with Gasteiger partial charge < -0.3 is 9.64 Å². The fraction of sp³-hybridized carbons (Fsp3) is 0.538. The Balaban J connectivity index is 1.89. The van der Waals surface area contributed by atoms with Gasteiger partial charge in [0, 0.05) is 24.6 Å². The molecule has 1 aliphatic heterocycles. The number of amides is 1. The highest BCUT2D eigenvalue weighted by molar-refractivity contribution is 9.09. The first kappa shape index (κ1) is 14.4. The number of piperidine rings is 1. The van der Waals surface area contributed by atoms with Crippen molar-refractivity contribution in [3.8, 4) is 0 Å². The number of nitrogens with zero attached hydrogens (tertiary/aromatic N) is 2. The Hall–Kier alpha value is -1.01.